The van der Waals surface area contributed by atoms with E-state index in [1.165, 1.54) is 0 Å². The largest absolute Gasteiger partial charge is 0.493 e. The Balaban J connectivity index is 1.48. The first-order chi connectivity index (χ1) is 10.2. The molecule has 0 spiro atoms. The zero-order valence-electron chi connectivity index (χ0n) is 12.2. The number of benzene rings is 1. The SMILES string of the molecule is COc1ccc(COC[C@H]2CN3C(=O)C[C@H]3O2)cc1OC. The Hall–Kier alpha value is -1.79. The number of carbonyl (C=O) groups excluding carboxylic acids is 1. The summed E-state index contributed by atoms with van der Waals surface area (Å²) in [4.78, 5) is 13.0. The maximum Gasteiger partial charge on any atom is 0.229 e. The molecule has 1 aromatic rings. The van der Waals surface area contributed by atoms with Crippen molar-refractivity contribution in [2.24, 2.45) is 0 Å². The van der Waals surface area contributed by atoms with Gasteiger partial charge in [0.25, 0.3) is 0 Å². The molecule has 0 unspecified atom stereocenters. The van der Waals surface area contributed by atoms with E-state index in [0.29, 0.717) is 37.7 Å². The van der Waals surface area contributed by atoms with Crippen molar-refractivity contribution in [1.82, 2.24) is 4.90 Å². The highest BCUT2D eigenvalue weighted by atomic mass is 16.6. The third kappa shape index (κ3) is 2.82. The van der Waals surface area contributed by atoms with E-state index in [9.17, 15) is 4.79 Å². The molecule has 2 aliphatic rings. The fourth-order valence-electron chi connectivity index (χ4n) is 2.62. The molecule has 3 rings (SSSR count). The Morgan fingerprint density at radius 1 is 1.29 bits per heavy atom. The molecule has 21 heavy (non-hydrogen) atoms. The monoisotopic (exact) mass is 293 g/mol. The molecule has 0 N–H and O–H groups in total. The minimum atomic E-state index is -0.0263. The van der Waals surface area contributed by atoms with Crippen LogP contribution in [0.2, 0.25) is 0 Å². The Kier molecular flexibility index (Phi) is 3.98. The topological polar surface area (TPSA) is 57.2 Å². The quantitative estimate of drug-likeness (QED) is 0.737. The van der Waals surface area contributed by atoms with E-state index in [4.69, 9.17) is 18.9 Å². The average molecular weight is 293 g/mol. The maximum atomic E-state index is 11.3. The molecule has 6 nitrogen and oxygen atoms in total. The molecule has 0 bridgehead atoms. The predicted molar refractivity (Wildman–Crippen MR) is 74.2 cm³/mol. The van der Waals surface area contributed by atoms with Crippen LogP contribution in [-0.2, 0) is 20.9 Å². The van der Waals surface area contributed by atoms with Crippen LogP contribution in [0.15, 0.2) is 18.2 Å². The normalized spacial score (nSPS) is 23.7. The van der Waals surface area contributed by atoms with Gasteiger partial charge in [0.2, 0.25) is 5.91 Å². The lowest BCUT2D eigenvalue weighted by atomic mass is 10.2. The smallest absolute Gasteiger partial charge is 0.229 e. The molecule has 1 amide bonds. The molecule has 1 aromatic carbocycles. The first-order valence-electron chi connectivity index (χ1n) is 6.95. The lowest BCUT2D eigenvalue weighted by molar-refractivity contribution is -0.157. The number of ether oxygens (including phenoxy) is 4. The lowest BCUT2D eigenvalue weighted by Gasteiger charge is -2.31. The van der Waals surface area contributed by atoms with Gasteiger partial charge in [-0.25, -0.2) is 0 Å². The number of methoxy groups -OCH3 is 2. The van der Waals surface area contributed by atoms with Crippen molar-refractivity contribution in [1.29, 1.82) is 0 Å². The number of hydrogen-bond donors (Lipinski definition) is 0. The van der Waals surface area contributed by atoms with Gasteiger partial charge in [0.15, 0.2) is 11.5 Å². The fraction of sp³-hybridized carbons (Fsp3) is 0.533. The van der Waals surface area contributed by atoms with Crippen molar-refractivity contribution < 1.29 is 23.7 Å². The van der Waals surface area contributed by atoms with Crippen LogP contribution in [0.25, 0.3) is 0 Å². The first kappa shape index (κ1) is 14.2. The molecule has 2 fully saturated rings. The van der Waals surface area contributed by atoms with Gasteiger partial charge in [0.05, 0.1) is 40.4 Å². The number of rotatable bonds is 6. The number of β-lactam (4-membered cyclic amide) rings is 1. The molecule has 0 radical (unpaired) electrons. The van der Waals surface area contributed by atoms with Crippen LogP contribution in [-0.4, -0.2) is 50.5 Å². The molecule has 2 heterocycles. The van der Waals surface area contributed by atoms with Crippen LogP contribution in [0.1, 0.15) is 12.0 Å². The second-order valence-electron chi connectivity index (χ2n) is 5.17. The van der Waals surface area contributed by atoms with E-state index in [1.54, 1.807) is 19.1 Å². The Bertz CT molecular complexity index is 533. The van der Waals surface area contributed by atoms with Gasteiger partial charge in [-0.1, -0.05) is 6.07 Å². The molecule has 0 aromatic heterocycles. The Labute approximate surface area is 123 Å². The molecule has 2 saturated heterocycles. The van der Waals surface area contributed by atoms with Crippen molar-refractivity contribution in [3.05, 3.63) is 23.8 Å². The van der Waals surface area contributed by atoms with Crippen molar-refractivity contribution in [3.8, 4) is 11.5 Å². The summed E-state index contributed by atoms with van der Waals surface area (Å²) >= 11 is 0. The molecule has 2 atom stereocenters. The van der Waals surface area contributed by atoms with Crippen LogP contribution >= 0.6 is 0 Å². The van der Waals surface area contributed by atoms with Crippen LogP contribution in [0.3, 0.4) is 0 Å². The van der Waals surface area contributed by atoms with Gasteiger partial charge in [-0.3, -0.25) is 4.79 Å². The van der Waals surface area contributed by atoms with Crippen molar-refractivity contribution >= 4 is 5.91 Å². The van der Waals surface area contributed by atoms with Crippen LogP contribution in [0.5, 0.6) is 11.5 Å². The minimum absolute atomic E-state index is 0.0211. The van der Waals surface area contributed by atoms with Crippen LogP contribution in [0.4, 0.5) is 0 Å². The number of fused-ring (bicyclic) bond motifs is 1. The summed E-state index contributed by atoms with van der Waals surface area (Å²) in [5.41, 5.74) is 1.00. The highest BCUT2D eigenvalue weighted by molar-refractivity contribution is 5.82. The van der Waals surface area contributed by atoms with Crippen LogP contribution in [0, 0.1) is 0 Å². The second-order valence-corrected chi connectivity index (χ2v) is 5.17. The maximum absolute atomic E-state index is 11.3. The summed E-state index contributed by atoms with van der Waals surface area (Å²) in [7, 11) is 3.21. The molecule has 2 aliphatic heterocycles. The number of nitrogens with zero attached hydrogens (tertiary/aromatic N) is 1. The lowest BCUT2D eigenvalue weighted by Crippen LogP contribution is -2.48. The highest BCUT2D eigenvalue weighted by Crippen LogP contribution is 2.29. The van der Waals surface area contributed by atoms with Gasteiger partial charge < -0.3 is 23.8 Å². The summed E-state index contributed by atoms with van der Waals surface area (Å²) in [6, 6.07) is 5.69. The standard InChI is InChI=1S/C15H19NO5/c1-18-12-4-3-10(5-13(12)19-2)8-20-9-11-7-16-14(17)6-15(16)21-11/h3-5,11,15H,6-9H2,1-2H3/t11-,15-/m1/s1. The van der Waals surface area contributed by atoms with Crippen LogP contribution < -0.4 is 9.47 Å². The summed E-state index contributed by atoms with van der Waals surface area (Å²) < 4.78 is 21.8. The predicted octanol–water partition coefficient (Wildman–Crippen LogP) is 1.18. The molecule has 6 heteroatoms. The van der Waals surface area contributed by atoms with E-state index in [-0.39, 0.29) is 18.2 Å². The Morgan fingerprint density at radius 2 is 2.10 bits per heavy atom. The van der Waals surface area contributed by atoms with Gasteiger partial charge in [-0.05, 0) is 17.7 Å². The summed E-state index contributed by atoms with van der Waals surface area (Å²) in [5.74, 6) is 1.55. The van der Waals surface area contributed by atoms with Gasteiger partial charge in [-0.15, -0.1) is 0 Å². The summed E-state index contributed by atoms with van der Waals surface area (Å²) in [5, 5.41) is 0. The third-order valence-electron chi connectivity index (χ3n) is 3.79. The van der Waals surface area contributed by atoms with Gasteiger partial charge >= 0.3 is 0 Å². The number of hydrogen-bond acceptors (Lipinski definition) is 5. The van der Waals surface area contributed by atoms with E-state index < -0.39 is 0 Å². The minimum Gasteiger partial charge on any atom is -0.493 e. The molecular formula is C15H19NO5. The molecule has 0 saturated carbocycles. The second kappa shape index (κ2) is 5.91. The fourth-order valence-corrected chi connectivity index (χ4v) is 2.62. The van der Waals surface area contributed by atoms with Gasteiger partial charge in [0.1, 0.15) is 12.3 Å². The average Bonchev–Trinajstić information content (AvgIpc) is 2.83. The van der Waals surface area contributed by atoms with Gasteiger partial charge in [-0.2, -0.15) is 0 Å². The summed E-state index contributed by atoms with van der Waals surface area (Å²) in [6.45, 7) is 1.59. The van der Waals surface area contributed by atoms with Crippen molar-refractivity contribution in [2.45, 2.75) is 25.4 Å². The number of carbonyl (C=O) groups is 1. The zero-order valence-corrected chi connectivity index (χ0v) is 12.2. The molecule has 114 valence electrons. The van der Waals surface area contributed by atoms with Gasteiger partial charge in [0, 0.05) is 0 Å². The zero-order chi connectivity index (χ0) is 14.8. The number of amides is 1. The van der Waals surface area contributed by atoms with Crippen molar-refractivity contribution in [2.75, 3.05) is 27.4 Å². The van der Waals surface area contributed by atoms with E-state index in [1.807, 2.05) is 18.2 Å². The highest BCUT2D eigenvalue weighted by Gasteiger charge is 2.45. The Morgan fingerprint density at radius 3 is 2.76 bits per heavy atom. The van der Waals surface area contributed by atoms with E-state index >= 15 is 0 Å². The first-order valence-corrected chi connectivity index (χ1v) is 6.95. The van der Waals surface area contributed by atoms with E-state index in [2.05, 4.69) is 0 Å². The summed E-state index contributed by atoms with van der Waals surface area (Å²) in [6.07, 6.45) is 0.459. The van der Waals surface area contributed by atoms with E-state index in [0.717, 1.165) is 5.56 Å². The molecular weight excluding hydrogens is 274 g/mol. The molecule has 0 aliphatic carbocycles. The van der Waals surface area contributed by atoms with Crippen molar-refractivity contribution in [3.63, 3.8) is 0 Å². The third-order valence-corrected chi connectivity index (χ3v) is 3.79.